The van der Waals surface area contributed by atoms with Gasteiger partial charge in [-0.1, -0.05) is 0 Å². The van der Waals surface area contributed by atoms with E-state index in [1.807, 2.05) is 0 Å². The predicted molar refractivity (Wildman–Crippen MR) is 39.9 cm³/mol. The van der Waals surface area contributed by atoms with Crippen LogP contribution in [0.15, 0.2) is 12.5 Å². The Bertz CT molecular complexity index is 288. The Labute approximate surface area is 69.4 Å². The van der Waals surface area contributed by atoms with Crippen LogP contribution in [0.2, 0.25) is 0 Å². The minimum absolute atomic E-state index is 0.219. The second-order valence-electron chi connectivity index (χ2n) is 1.94. The zero-order chi connectivity index (χ0) is 8.97. The molecule has 0 aliphatic rings. The molecular formula is C7H8N2O3. The number of nitrogens with zero attached hydrogens (tertiary/aromatic N) is 2. The molecule has 0 saturated carbocycles. The first-order chi connectivity index (χ1) is 5.79. The van der Waals surface area contributed by atoms with E-state index in [2.05, 4.69) is 14.7 Å². The van der Waals surface area contributed by atoms with Crippen molar-refractivity contribution in [2.45, 2.75) is 0 Å². The molecule has 0 radical (unpaired) electrons. The molecule has 1 heterocycles. The number of ether oxygens (including phenoxy) is 2. The molecule has 1 rings (SSSR count). The third-order valence-electron chi connectivity index (χ3n) is 1.27. The van der Waals surface area contributed by atoms with Crippen molar-refractivity contribution in [2.75, 3.05) is 14.2 Å². The maximum Gasteiger partial charge on any atom is 0.344 e. The lowest BCUT2D eigenvalue weighted by molar-refractivity contribution is 0.0595. The molecule has 0 N–H and O–H groups in total. The number of carbonyl (C=O) groups is 1. The molecule has 0 atom stereocenters. The van der Waals surface area contributed by atoms with Gasteiger partial charge in [0.15, 0.2) is 0 Å². The molecule has 5 heteroatoms. The number of rotatable bonds is 2. The zero-order valence-electron chi connectivity index (χ0n) is 6.77. The van der Waals surface area contributed by atoms with E-state index in [0.717, 1.165) is 0 Å². The van der Waals surface area contributed by atoms with Gasteiger partial charge in [-0.25, -0.2) is 14.8 Å². The van der Waals surface area contributed by atoms with E-state index < -0.39 is 5.97 Å². The molecule has 1 aromatic heterocycles. The van der Waals surface area contributed by atoms with E-state index >= 15 is 0 Å². The van der Waals surface area contributed by atoms with Crippen LogP contribution >= 0.6 is 0 Å². The summed E-state index contributed by atoms with van der Waals surface area (Å²) in [6.45, 7) is 0. The lowest BCUT2D eigenvalue weighted by Gasteiger charge is -2.02. The van der Waals surface area contributed by atoms with Gasteiger partial charge in [0, 0.05) is 6.20 Å². The fraction of sp³-hybridized carbons (Fsp3) is 0.286. The van der Waals surface area contributed by atoms with Gasteiger partial charge in [0.1, 0.15) is 11.9 Å². The molecule has 5 nitrogen and oxygen atoms in total. The first-order valence-electron chi connectivity index (χ1n) is 3.22. The van der Waals surface area contributed by atoms with Crippen molar-refractivity contribution in [1.29, 1.82) is 0 Å². The molecular weight excluding hydrogens is 160 g/mol. The lowest BCUT2D eigenvalue weighted by Crippen LogP contribution is -2.05. The van der Waals surface area contributed by atoms with Crippen LogP contribution in [0, 0.1) is 0 Å². The molecule has 0 spiro atoms. The van der Waals surface area contributed by atoms with E-state index in [9.17, 15) is 4.79 Å². The van der Waals surface area contributed by atoms with Crippen LogP contribution in [0.5, 0.6) is 5.88 Å². The van der Waals surface area contributed by atoms with Crippen molar-refractivity contribution in [3.05, 3.63) is 18.1 Å². The van der Waals surface area contributed by atoms with Crippen LogP contribution in [-0.4, -0.2) is 30.2 Å². The Kier molecular flexibility index (Phi) is 2.57. The summed E-state index contributed by atoms with van der Waals surface area (Å²) in [7, 11) is 2.71. The van der Waals surface area contributed by atoms with Crippen molar-refractivity contribution in [3.8, 4) is 5.88 Å². The summed E-state index contributed by atoms with van der Waals surface area (Å²) in [5.74, 6) is -0.288. The standard InChI is InChI=1S/C7H8N2O3/c1-11-6-5(7(10)12-2)3-8-4-9-6/h3-4H,1-2H3. The molecule has 64 valence electrons. The Morgan fingerprint density at radius 2 is 2.25 bits per heavy atom. The van der Waals surface area contributed by atoms with Gasteiger partial charge in [-0.3, -0.25) is 0 Å². The molecule has 1 aromatic rings. The van der Waals surface area contributed by atoms with Gasteiger partial charge in [-0.2, -0.15) is 0 Å². The number of hydrogen-bond acceptors (Lipinski definition) is 5. The second-order valence-corrected chi connectivity index (χ2v) is 1.94. The van der Waals surface area contributed by atoms with Gasteiger partial charge in [-0.05, 0) is 0 Å². The second kappa shape index (κ2) is 3.66. The maximum absolute atomic E-state index is 11.0. The lowest BCUT2D eigenvalue weighted by atomic mass is 10.3. The van der Waals surface area contributed by atoms with Crippen molar-refractivity contribution in [3.63, 3.8) is 0 Å². The third kappa shape index (κ3) is 1.50. The van der Waals surface area contributed by atoms with Crippen LogP contribution in [0.25, 0.3) is 0 Å². The summed E-state index contributed by atoms with van der Waals surface area (Å²) in [6, 6.07) is 0. The molecule has 0 fully saturated rings. The molecule has 0 aromatic carbocycles. The Hall–Kier alpha value is -1.65. The maximum atomic E-state index is 11.0. The van der Waals surface area contributed by atoms with E-state index in [4.69, 9.17) is 4.74 Å². The monoisotopic (exact) mass is 168 g/mol. The number of methoxy groups -OCH3 is 2. The number of aromatic nitrogens is 2. The average Bonchev–Trinajstić information content (AvgIpc) is 2.16. The largest absolute Gasteiger partial charge is 0.480 e. The predicted octanol–water partition coefficient (Wildman–Crippen LogP) is 0.272. The minimum Gasteiger partial charge on any atom is -0.480 e. The number of esters is 1. The fourth-order valence-electron chi connectivity index (χ4n) is 0.731. The van der Waals surface area contributed by atoms with E-state index in [1.165, 1.54) is 26.7 Å². The van der Waals surface area contributed by atoms with Gasteiger partial charge in [0.25, 0.3) is 0 Å². The Morgan fingerprint density at radius 1 is 1.50 bits per heavy atom. The first-order valence-corrected chi connectivity index (χ1v) is 3.22. The zero-order valence-corrected chi connectivity index (χ0v) is 6.77. The van der Waals surface area contributed by atoms with E-state index in [1.54, 1.807) is 0 Å². The van der Waals surface area contributed by atoms with Crippen molar-refractivity contribution in [1.82, 2.24) is 9.97 Å². The van der Waals surface area contributed by atoms with Gasteiger partial charge in [0.05, 0.1) is 14.2 Å². The molecule has 0 saturated heterocycles. The van der Waals surface area contributed by atoms with E-state index in [0.29, 0.717) is 0 Å². The van der Waals surface area contributed by atoms with Crippen LogP contribution in [0.1, 0.15) is 10.4 Å². The Morgan fingerprint density at radius 3 is 2.83 bits per heavy atom. The molecule has 0 amide bonds. The van der Waals surface area contributed by atoms with Crippen LogP contribution in [0.4, 0.5) is 0 Å². The summed E-state index contributed by atoms with van der Waals surface area (Å²) in [5, 5.41) is 0. The normalized spacial score (nSPS) is 9.17. The van der Waals surface area contributed by atoms with E-state index in [-0.39, 0.29) is 11.4 Å². The van der Waals surface area contributed by atoms with Gasteiger partial charge in [0.2, 0.25) is 5.88 Å². The number of hydrogen-bond donors (Lipinski definition) is 0. The third-order valence-corrected chi connectivity index (χ3v) is 1.27. The smallest absolute Gasteiger partial charge is 0.344 e. The highest BCUT2D eigenvalue weighted by Crippen LogP contribution is 2.12. The van der Waals surface area contributed by atoms with Gasteiger partial charge < -0.3 is 9.47 Å². The fourth-order valence-corrected chi connectivity index (χ4v) is 0.731. The van der Waals surface area contributed by atoms with Crippen LogP contribution < -0.4 is 4.74 Å². The van der Waals surface area contributed by atoms with Crippen molar-refractivity contribution < 1.29 is 14.3 Å². The molecule has 0 bridgehead atoms. The molecule has 0 aliphatic heterocycles. The van der Waals surface area contributed by atoms with Gasteiger partial charge in [-0.15, -0.1) is 0 Å². The highest BCUT2D eigenvalue weighted by molar-refractivity contribution is 5.91. The van der Waals surface area contributed by atoms with Crippen LogP contribution in [-0.2, 0) is 4.74 Å². The highest BCUT2D eigenvalue weighted by Gasteiger charge is 2.12. The summed E-state index contributed by atoms with van der Waals surface area (Å²) >= 11 is 0. The summed E-state index contributed by atoms with van der Waals surface area (Å²) in [6.07, 6.45) is 2.64. The first kappa shape index (κ1) is 8.45. The SMILES string of the molecule is COC(=O)c1cncnc1OC. The van der Waals surface area contributed by atoms with Crippen LogP contribution in [0.3, 0.4) is 0 Å². The number of carbonyl (C=O) groups excluding carboxylic acids is 1. The van der Waals surface area contributed by atoms with Crippen molar-refractivity contribution in [2.24, 2.45) is 0 Å². The molecule has 0 aliphatic carbocycles. The topological polar surface area (TPSA) is 61.3 Å². The minimum atomic E-state index is -0.507. The Balaban J connectivity index is 3.04. The summed E-state index contributed by atoms with van der Waals surface area (Å²) < 4.78 is 9.30. The molecule has 0 unspecified atom stereocenters. The average molecular weight is 168 g/mol. The molecule has 12 heavy (non-hydrogen) atoms. The summed E-state index contributed by atoms with van der Waals surface area (Å²) in [5.41, 5.74) is 0.225. The summed E-state index contributed by atoms with van der Waals surface area (Å²) in [4.78, 5) is 18.4. The van der Waals surface area contributed by atoms with Crippen molar-refractivity contribution >= 4 is 5.97 Å². The van der Waals surface area contributed by atoms with Gasteiger partial charge >= 0.3 is 5.97 Å². The highest BCUT2D eigenvalue weighted by atomic mass is 16.5. The quantitative estimate of drug-likeness (QED) is 0.593.